The van der Waals surface area contributed by atoms with Crippen molar-refractivity contribution in [2.24, 2.45) is 0 Å². The average Bonchev–Trinajstić information content (AvgIpc) is 2.76. The second-order valence-electron chi connectivity index (χ2n) is 6.80. The van der Waals surface area contributed by atoms with Gasteiger partial charge in [-0.25, -0.2) is 0 Å². The Kier molecular flexibility index (Phi) is 6.84. The van der Waals surface area contributed by atoms with Crippen molar-refractivity contribution in [3.8, 4) is 11.5 Å². The minimum atomic E-state index is -0.242. The second-order valence-corrected chi connectivity index (χ2v) is 7.85. The maximum atomic E-state index is 12.6. The van der Waals surface area contributed by atoms with E-state index in [1.165, 1.54) is 30.9 Å². The number of nitrogens with zero attached hydrogens (tertiary/aromatic N) is 1. The lowest BCUT2D eigenvalue weighted by Gasteiger charge is -2.18. The third kappa shape index (κ3) is 4.86. The van der Waals surface area contributed by atoms with Gasteiger partial charge >= 0.3 is 0 Å². The van der Waals surface area contributed by atoms with Gasteiger partial charge in [0.1, 0.15) is 0 Å². The lowest BCUT2D eigenvalue weighted by molar-refractivity contribution is -0.113. The van der Waals surface area contributed by atoms with Crippen molar-refractivity contribution in [3.63, 3.8) is 0 Å². The SMILES string of the molecule is COc1cc(NC(=O)CSc2ccc3ccccc3c2)c(C(=O)N(C)C)cc1OC. The summed E-state index contributed by atoms with van der Waals surface area (Å²) < 4.78 is 10.6. The molecule has 3 aromatic carbocycles. The first-order valence-corrected chi connectivity index (χ1v) is 10.3. The molecule has 156 valence electrons. The van der Waals surface area contributed by atoms with E-state index in [1.54, 1.807) is 26.2 Å². The van der Waals surface area contributed by atoms with E-state index in [1.807, 2.05) is 30.3 Å². The number of ether oxygens (including phenoxy) is 2. The highest BCUT2D eigenvalue weighted by molar-refractivity contribution is 8.00. The van der Waals surface area contributed by atoms with Crippen molar-refractivity contribution in [2.75, 3.05) is 39.4 Å². The molecule has 0 aliphatic carbocycles. The Morgan fingerprint density at radius 2 is 1.60 bits per heavy atom. The van der Waals surface area contributed by atoms with E-state index in [2.05, 4.69) is 17.4 Å². The molecule has 7 heteroatoms. The van der Waals surface area contributed by atoms with Gasteiger partial charge in [-0.05, 0) is 29.0 Å². The molecular formula is C23H24N2O4S. The van der Waals surface area contributed by atoms with Crippen molar-refractivity contribution in [1.82, 2.24) is 4.90 Å². The van der Waals surface area contributed by atoms with Gasteiger partial charge in [-0.1, -0.05) is 30.3 Å². The van der Waals surface area contributed by atoms with Crippen molar-refractivity contribution in [3.05, 3.63) is 60.2 Å². The Hall–Kier alpha value is -3.19. The van der Waals surface area contributed by atoms with Gasteiger partial charge in [0.25, 0.3) is 5.91 Å². The largest absolute Gasteiger partial charge is 0.493 e. The lowest BCUT2D eigenvalue weighted by atomic mass is 10.1. The topological polar surface area (TPSA) is 67.9 Å². The average molecular weight is 425 g/mol. The van der Waals surface area contributed by atoms with Crippen molar-refractivity contribution in [2.45, 2.75) is 4.90 Å². The van der Waals surface area contributed by atoms with Crippen LogP contribution in [-0.2, 0) is 4.79 Å². The summed E-state index contributed by atoms with van der Waals surface area (Å²) in [5.74, 6) is 0.612. The highest BCUT2D eigenvalue weighted by atomic mass is 32.2. The molecule has 0 fully saturated rings. The highest BCUT2D eigenvalue weighted by Gasteiger charge is 2.20. The van der Waals surface area contributed by atoms with E-state index < -0.39 is 0 Å². The third-order valence-electron chi connectivity index (χ3n) is 4.53. The Morgan fingerprint density at radius 1 is 0.933 bits per heavy atom. The number of rotatable bonds is 7. The molecule has 3 rings (SSSR count). The molecule has 0 bridgehead atoms. The number of fused-ring (bicyclic) bond motifs is 1. The number of hydrogen-bond donors (Lipinski definition) is 1. The zero-order valence-corrected chi connectivity index (χ0v) is 18.2. The number of thioether (sulfide) groups is 1. The van der Waals surface area contributed by atoms with E-state index in [4.69, 9.17) is 9.47 Å². The fraction of sp³-hybridized carbons (Fsp3) is 0.217. The van der Waals surface area contributed by atoms with Gasteiger partial charge in [-0.15, -0.1) is 11.8 Å². The van der Waals surface area contributed by atoms with Crippen LogP contribution < -0.4 is 14.8 Å². The number of amides is 2. The molecule has 0 heterocycles. The Balaban J connectivity index is 1.78. The second kappa shape index (κ2) is 9.54. The number of benzene rings is 3. The molecule has 0 saturated carbocycles. The quantitative estimate of drug-likeness (QED) is 0.573. The lowest BCUT2D eigenvalue weighted by Crippen LogP contribution is -2.24. The van der Waals surface area contributed by atoms with Crippen LogP contribution in [0.15, 0.2) is 59.5 Å². The van der Waals surface area contributed by atoms with Crippen LogP contribution in [-0.4, -0.2) is 50.8 Å². The van der Waals surface area contributed by atoms with Gasteiger partial charge in [0, 0.05) is 25.1 Å². The summed E-state index contributed by atoms with van der Waals surface area (Å²) >= 11 is 1.44. The molecule has 30 heavy (non-hydrogen) atoms. The molecule has 0 radical (unpaired) electrons. The summed E-state index contributed by atoms with van der Waals surface area (Å²) in [5.41, 5.74) is 0.720. The van der Waals surface area contributed by atoms with Gasteiger partial charge in [-0.3, -0.25) is 9.59 Å². The maximum absolute atomic E-state index is 12.6. The number of carbonyl (C=O) groups is 2. The van der Waals surface area contributed by atoms with Gasteiger partial charge < -0.3 is 19.7 Å². The number of hydrogen-bond acceptors (Lipinski definition) is 5. The number of carbonyl (C=O) groups excluding carboxylic acids is 2. The molecule has 3 aromatic rings. The van der Waals surface area contributed by atoms with E-state index in [0.29, 0.717) is 22.7 Å². The Labute approximate surface area is 180 Å². The van der Waals surface area contributed by atoms with Crippen LogP contribution in [0.3, 0.4) is 0 Å². The summed E-state index contributed by atoms with van der Waals surface area (Å²) in [4.78, 5) is 27.7. The number of anilines is 1. The van der Waals surface area contributed by atoms with E-state index in [9.17, 15) is 9.59 Å². The van der Waals surface area contributed by atoms with Crippen LogP contribution in [0.25, 0.3) is 10.8 Å². The molecule has 0 saturated heterocycles. The monoisotopic (exact) mass is 424 g/mol. The molecule has 2 amide bonds. The van der Waals surface area contributed by atoms with Crippen LogP contribution in [0, 0.1) is 0 Å². The van der Waals surface area contributed by atoms with Crippen LogP contribution in [0.4, 0.5) is 5.69 Å². The fourth-order valence-corrected chi connectivity index (χ4v) is 3.74. The summed E-state index contributed by atoms with van der Waals surface area (Å²) in [7, 11) is 6.31. The van der Waals surface area contributed by atoms with Crippen molar-refractivity contribution < 1.29 is 19.1 Å². The third-order valence-corrected chi connectivity index (χ3v) is 5.52. The highest BCUT2D eigenvalue weighted by Crippen LogP contribution is 2.34. The van der Waals surface area contributed by atoms with Crippen LogP contribution in [0.5, 0.6) is 11.5 Å². The predicted octanol–water partition coefficient (Wildman–Crippen LogP) is 4.29. The molecule has 0 unspecified atom stereocenters. The summed E-state index contributed by atoms with van der Waals surface area (Å²) in [6.07, 6.45) is 0. The van der Waals surface area contributed by atoms with E-state index >= 15 is 0 Å². The van der Waals surface area contributed by atoms with Gasteiger partial charge in [0.15, 0.2) is 11.5 Å². The van der Waals surface area contributed by atoms with Gasteiger partial charge in [0.2, 0.25) is 5.91 Å². The van der Waals surface area contributed by atoms with Crippen LogP contribution in [0.2, 0.25) is 0 Å². The van der Waals surface area contributed by atoms with Crippen molar-refractivity contribution >= 4 is 40.0 Å². The fourth-order valence-electron chi connectivity index (χ4n) is 2.99. The Bertz CT molecular complexity index is 1080. The van der Waals surface area contributed by atoms with Crippen molar-refractivity contribution in [1.29, 1.82) is 0 Å². The minimum Gasteiger partial charge on any atom is -0.493 e. The van der Waals surface area contributed by atoms with Crippen LogP contribution in [0.1, 0.15) is 10.4 Å². The summed E-state index contributed by atoms with van der Waals surface area (Å²) in [5, 5.41) is 5.12. The molecule has 0 aliphatic heterocycles. The molecular weight excluding hydrogens is 400 g/mol. The normalized spacial score (nSPS) is 10.5. The molecule has 0 spiro atoms. The molecule has 0 atom stereocenters. The first kappa shape index (κ1) is 21.5. The maximum Gasteiger partial charge on any atom is 0.255 e. The predicted molar refractivity (Wildman–Crippen MR) is 121 cm³/mol. The number of nitrogens with one attached hydrogen (secondary N) is 1. The molecule has 0 aliphatic rings. The van der Waals surface area contributed by atoms with Crippen LogP contribution >= 0.6 is 11.8 Å². The smallest absolute Gasteiger partial charge is 0.255 e. The zero-order chi connectivity index (χ0) is 21.7. The molecule has 1 N–H and O–H groups in total. The van der Waals surface area contributed by atoms with E-state index in [0.717, 1.165) is 15.7 Å². The van der Waals surface area contributed by atoms with Gasteiger partial charge in [0.05, 0.1) is 31.2 Å². The van der Waals surface area contributed by atoms with Gasteiger partial charge in [-0.2, -0.15) is 0 Å². The Morgan fingerprint density at radius 3 is 2.27 bits per heavy atom. The minimum absolute atomic E-state index is 0.211. The summed E-state index contributed by atoms with van der Waals surface area (Å²) in [6.45, 7) is 0. The first-order chi connectivity index (χ1) is 14.4. The first-order valence-electron chi connectivity index (χ1n) is 9.32. The standard InChI is InChI=1S/C23H24N2O4S/c1-25(2)23(27)18-12-20(28-3)21(29-4)13-19(18)24-22(26)14-30-17-10-9-15-7-5-6-8-16(15)11-17/h5-13H,14H2,1-4H3,(H,24,26). The summed E-state index contributed by atoms with van der Waals surface area (Å²) in [6, 6.07) is 17.4. The zero-order valence-electron chi connectivity index (χ0n) is 17.4. The number of methoxy groups -OCH3 is 2. The molecule has 6 nitrogen and oxygen atoms in total. The van der Waals surface area contributed by atoms with E-state index in [-0.39, 0.29) is 17.6 Å². The molecule has 0 aromatic heterocycles.